The Morgan fingerprint density at radius 1 is 1.33 bits per heavy atom. The minimum atomic E-state index is -0.978. The topological polar surface area (TPSA) is 60.7 Å². The maximum Gasteiger partial charge on any atom is 0.0913 e. The predicted octanol–water partition coefficient (Wildman–Crippen LogP) is 2.01. The van der Waals surface area contributed by atoms with Crippen LogP contribution in [0.15, 0.2) is 12.2 Å². The summed E-state index contributed by atoms with van der Waals surface area (Å²) in [5, 5.41) is 31.5. The summed E-state index contributed by atoms with van der Waals surface area (Å²) in [4.78, 5) is 0. The molecule has 0 radical (unpaired) electrons. The molecule has 2 aliphatic rings. The third-order valence-corrected chi connectivity index (χ3v) is 5.34. The minimum Gasteiger partial charge on any atom is -0.393 e. The van der Waals surface area contributed by atoms with Gasteiger partial charge in [-0.3, -0.25) is 0 Å². The van der Waals surface area contributed by atoms with Gasteiger partial charge in [-0.25, -0.2) is 0 Å². The molecule has 104 valence electrons. The van der Waals surface area contributed by atoms with Crippen LogP contribution in [0.2, 0.25) is 0 Å². The van der Waals surface area contributed by atoms with Gasteiger partial charge in [-0.1, -0.05) is 13.5 Å². The molecule has 2 rings (SSSR count). The van der Waals surface area contributed by atoms with E-state index in [0.29, 0.717) is 12.8 Å². The molecule has 3 heteroatoms. The molecule has 3 N–H and O–H groups in total. The third kappa shape index (κ3) is 1.93. The molecule has 0 spiro atoms. The summed E-state index contributed by atoms with van der Waals surface area (Å²) in [6, 6.07) is 0. The average molecular weight is 254 g/mol. The van der Waals surface area contributed by atoms with E-state index >= 15 is 0 Å². The van der Waals surface area contributed by atoms with Crippen molar-refractivity contribution in [1.82, 2.24) is 0 Å². The molecule has 2 saturated carbocycles. The highest BCUT2D eigenvalue weighted by Gasteiger charge is 2.58. The van der Waals surface area contributed by atoms with Crippen molar-refractivity contribution in [2.75, 3.05) is 0 Å². The number of aliphatic hydroxyl groups is 3. The Balaban J connectivity index is 2.36. The van der Waals surface area contributed by atoms with Gasteiger partial charge in [0.2, 0.25) is 0 Å². The van der Waals surface area contributed by atoms with Crippen LogP contribution in [0.4, 0.5) is 0 Å². The zero-order valence-corrected chi connectivity index (χ0v) is 11.7. The maximum absolute atomic E-state index is 11.0. The number of rotatable bonds is 1. The molecule has 0 saturated heterocycles. The SMILES string of the molecule is C=C1CCC[C@]2(C)C[C@H](O)[C@@H](C(C)(C)O)C[C@@]12O. The van der Waals surface area contributed by atoms with Crippen LogP contribution in [-0.4, -0.2) is 32.6 Å². The van der Waals surface area contributed by atoms with Crippen LogP contribution in [0.3, 0.4) is 0 Å². The highest BCUT2D eigenvalue weighted by Crippen LogP contribution is 2.57. The lowest BCUT2D eigenvalue weighted by molar-refractivity contribution is -0.181. The van der Waals surface area contributed by atoms with E-state index in [4.69, 9.17) is 0 Å². The van der Waals surface area contributed by atoms with Crippen LogP contribution < -0.4 is 0 Å². The highest BCUT2D eigenvalue weighted by atomic mass is 16.3. The quantitative estimate of drug-likeness (QED) is 0.627. The van der Waals surface area contributed by atoms with E-state index < -0.39 is 17.3 Å². The molecule has 0 aromatic heterocycles. The highest BCUT2D eigenvalue weighted by molar-refractivity contribution is 5.25. The lowest BCUT2D eigenvalue weighted by atomic mass is 9.51. The summed E-state index contributed by atoms with van der Waals surface area (Å²) in [7, 11) is 0. The smallest absolute Gasteiger partial charge is 0.0913 e. The Labute approximate surface area is 110 Å². The van der Waals surface area contributed by atoms with E-state index in [1.807, 2.05) is 6.92 Å². The van der Waals surface area contributed by atoms with Crippen LogP contribution in [0.1, 0.15) is 52.9 Å². The Morgan fingerprint density at radius 2 is 1.94 bits per heavy atom. The van der Waals surface area contributed by atoms with Gasteiger partial charge in [0.1, 0.15) is 0 Å². The first-order valence-corrected chi connectivity index (χ1v) is 6.91. The van der Waals surface area contributed by atoms with E-state index in [0.717, 1.165) is 24.8 Å². The first-order chi connectivity index (χ1) is 8.10. The third-order valence-electron chi connectivity index (χ3n) is 5.34. The zero-order valence-electron chi connectivity index (χ0n) is 11.7. The van der Waals surface area contributed by atoms with Crippen molar-refractivity contribution >= 4 is 0 Å². The Kier molecular flexibility index (Phi) is 3.16. The summed E-state index contributed by atoms with van der Waals surface area (Å²) in [5.74, 6) is -0.301. The number of hydrogen-bond acceptors (Lipinski definition) is 3. The average Bonchev–Trinajstić information content (AvgIpc) is 2.20. The second-order valence-electron chi connectivity index (χ2n) is 7.11. The van der Waals surface area contributed by atoms with Gasteiger partial charge in [0.25, 0.3) is 0 Å². The lowest BCUT2D eigenvalue weighted by Crippen LogP contribution is -2.61. The van der Waals surface area contributed by atoms with Crippen molar-refractivity contribution in [2.24, 2.45) is 11.3 Å². The van der Waals surface area contributed by atoms with Crippen LogP contribution in [-0.2, 0) is 0 Å². The van der Waals surface area contributed by atoms with Gasteiger partial charge in [-0.2, -0.15) is 0 Å². The van der Waals surface area contributed by atoms with Gasteiger partial charge in [0, 0.05) is 11.3 Å². The largest absolute Gasteiger partial charge is 0.393 e. The molecule has 0 bridgehead atoms. The molecule has 2 aliphatic carbocycles. The van der Waals surface area contributed by atoms with Crippen LogP contribution in [0, 0.1) is 11.3 Å². The Morgan fingerprint density at radius 3 is 2.50 bits per heavy atom. The lowest BCUT2D eigenvalue weighted by Gasteiger charge is -2.57. The molecule has 0 amide bonds. The van der Waals surface area contributed by atoms with E-state index in [9.17, 15) is 15.3 Å². The van der Waals surface area contributed by atoms with Crippen molar-refractivity contribution in [2.45, 2.75) is 70.2 Å². The summed E-state index contributed by atoms with van der Waals surface area (Å²) < 4.78 is 0. The monoisotopic (exact) mass is 254 g/mol. The molecule has 18 heavy (non-hydrogen) atoms. The van der Waals surface area contributed by atoms with Crippen LogP contribution in [0.5, 0.6) is 0 Å². The van der Waals surface area contributed by atoms with Gasteiger partial charge in [-0.15, -0.1) is 0 Å². The fourth-order valence-electron chi connectivity index (χ4n) is 3.97. The van der Waals surface area contributed by atoms with Crippen molar-refractivity contribution in [3.63, 3.8) is 0 Å². The fourth-order valence-corrected chi connectivity index (χ4v) is 3.97. The van der Waals surface area contributed by atoms with E-state index in [2.05, 4.69) is 6.58 Å². The summed E-state index contributed by atoms with van der Waals surface area (Å²) in [6.45, 7) is 9.50. The van der Waals surface area contributed by atoms with Crippen molar-refractivity contribution in [3.05, 3.63) is 12.2 Å². The molecule has 2 fully saturated rings. The molecule has 0 heterocycles. The predicted molar refractivity (Wildman–Crippen MR) is 71.1 cm³/mol. The Hall–Kier alpha value is -0.380. The van der Waals surface area contributed by atoms with Gasteiger partial charge >= 0.3 is 0 Å². The molecule has 0 aliphatic heterocycles. The molecule has 0 aromatic carbocycles. The first-order valence-electron chi connectivity index (χ1n) is 6.91. The molecule has 4 atom stereocenters. The molecular formula is C15H26O3. The molecule has 3 nitrogen and oxygen atoms in total. The minimum absolute atomic E-state index is 0.301. The van der Waals surface area contributed by atoms with Crippen molar-refractivity contribution in [3.8, 4) is 0 Å². The maximum atomic E-state index is 11.0. The zero-order chi connectivity index (χ0) is 13.8. The van der Waals surface area contributed by atoms with E-state index in [1.165, 1.54) is 0 Å². The van der Waals surface area contributed by atoms with Crippen molar-refractivity contribution < 1.29 is 15.3 Å². The van der Waals surface area contributed by atoms with Crippen LogP contribution >= 0.6 is 0 Å². The van der Waals surface area contributed by atoms with E-state index in [1.54, 1.807) is 13.8 Å². The van der Waals surface area contributed by atoms with E-state index in [-0.39, 0.29) is 11.3 Å². The van der Waals surface area contributed by atoms with Gasteiger partial charge in [-0.05, 0) is 51.5 Å². The summed E-state index contributed by atoms with van der Waals surface area (Å²) in [5.41, 5.74) is -1.34. The second kappa shape index (κ2) is 4.06. The van der Waals surface area contributed by atoms with Gasteiger partial charge in [0.15, 0.2) is 0 Å². The number of fused-ring (bicyclic) bond motifs is 1. The fraction of sp³-hybridized carbons (Fsp3) is 0.867. The summed E-state index contributed by atoms with van der Waals surface area (Å²) >= 11 is 0. The van der Waals surface area contributed by atoms with Crippen LogP contribution in [0.25, 0.3) is 0 Å². The Bertz CT molecular complexity index is 357. The molecule has 0 unspecified atom stereocenters. The van der Waals surface area contributed by atoms with Gasteiger partial charge in [0.05, 0.1) is 17.3 Å². The normalized spacial score (nSPS) is 45.8. The molecule has 0 aromatic rings. The molecular weight excluding hydrogens is 228 g/mol. The number of hydrogen-bond donors (Lipinski definition) is 3. The number of aliphatic hydroxyl groups excluding tert-OH is 1. The summed E-state index contributed by atoms with van der Waals surface area (Å²) in [6.07, 6.45) is 3.18. The second-order valence-corrected chi connectivity index (χ2v) is 7.11. The first kappa shape index (κ1) is 14.0. The van der Waals surface area contributed by atoms with Gasteiger partial charge < -0.3 is 15.3 Å². The van der Waals surface area contributed by atoms with Crippen molar-refractivity contribution in [1.29, 1.82) is 0 Å². The standard InChI is InChI=1S/C15H26O3/c1-10-6-5-7-14(4)9-12(16)11(13(2,3)17)8-15(10,14)18/h11-12,16-18H,1,5-9H2,2-4H3/t11-,12-,14+,15+/m0/s1.